The number of nitro groups is 1. The van der Waals surface area contributed by atoms with Crippen LogP contribution < -0.4 is 4.57 Å². The highest BCUT2D eigenvalue weighted by molar-refractivity contribution is 5.31. The zero-order chi connectivity index (χ0) is 12.3. The van der Waals surface area contributed by atoms with Gasteiger partial charge in [0.1, 0.15) is 7.05 Å². The van der Waals surface area contributed by atoms with Crippen LogP contribution in [0.4, 0.5) is 5.69 Å². The van der Waals surface area contributed by atoms with E-state index in [0.717, 1.165) is 19.3 Å². The molecule has 1 aliphatic carbocycles. The standard InChI is InChI=1S/C13H19N2O2/c1-14-10-12(15(16)17)9-11-7-5-3-2-4-6-8-13(11)14/h9-10H,2-8H2,1H3/q+1. The van der Waals surface area contributed by atoms with E-state index < -0.39 is 0 Å². The van der Waals surface area contributed by atoms with Crippen molar-refractivity contribution in [3.05, 3.63) is 33.6 Å². The first kappa shape index (κ1) is 12.0. The third-order valence-corrected chi connectivity index (χ3v) is 3.51. The Morgan fingerprint density at radius 1 is 1.18 bits per heavy atom. The Bertz CT molecular complexity index is 430. The van der Waals surface area contributed by atoms with E-state index >= 15 is 0 Å². The fourth-order valence-corrected chi connectivity index (χ4v) is 2.59. The molecule has 0 aromatic carbocycles. The first-order valence-corrected chi connectivity index (χ1v) is 6.34. The molecule has 0 atom stereocenters. The van der Waals surface area contributed by atoms with Gasteiger partial charge >= 0.3 is 5.69 Å². The van der Waals surface area contributed by atoms with Crippen LogP contribution in [0.5, 0.6) is 0 Å². The van der Waals surface area contributed by atoms with Crippen LogP contribution >= 0.6 is 0 Å². The summed E-state index contributed by atoms with van der Waals surface area (Å²) in [6.07, 6.45) is 9.81. The van der Waals surface area contributed by atoms with Gasteiger partial charge < -0.3 is 0 Å². The van der Waals surface area contributed by atoms with Gasteiger partial charge in [-0.05, 0) is 19.3 Å². The lowest BCUT2D eigenvalue weighted by atomic mass is 10.0. The van der Waals surface area contributed by atoms with Crippen LogP contribution in [0.3, 0.4) is 0 Å². The summed E-state index contributed by atoms with van der Waals surface area (Å²) in [4.78, 5) is 10.6. The fraction of sp³-hybridized carbons (Fsp3) is 0.615. The highest BCUT2D eigenvalue weighted by Crippen LogP contribution is 2.20. The third-order valence-electron chi connectivity index (χ3n) is 3.51. The molecule has 0 bridgehead atoms. The van der Waals surface area contributed by atoms with E-state index in [-0.39, 0.29) is 10.6 Å². The van der Waals surface area contributed by atoms with Gasteiger partial charge in [-0.25, -0.2) is 0 Å². The molecule has 4 nitrogen and oxygen atoms in total. The molecule has 1 aromatic rings. The molecule has 0 fully saturated rings. The number of rotatable bonds is 1. The van der Waals surface area contributed by atoms with Gasteiger partial charge in [-0.3, -0.25) is 10.1 Å². The molecular weight excluding hydrogens is 216 g/mol. The van der Waals surface area contributed by atoms with Crippen molar-refractivity contribution in [1.29, 1.82) is 0 Å². The molecule has 0 radical (unpaired) electrons. The number of nitrogens with zero attached hydrogens (tertiary/aromatic N) is 2. The summed E-state index contributed by atoms with van der Waals surface area (Å²) < 4.78 is 1.94. The van der Waals surface area contributed by atoms with Crippen molar-refractivity contribution in [3.8, 4) is 0 Å². The van der Waals surface area contributed by atoms with Gasteiger partial charge in [0.05, 0.1) is 4.92 Å². The summed E-state index contributed by atoms with van der Waals surface area (Å²) in [5.74, 6) is 0. The lowest BCUT2D eigenvalue weighted by Crippen LogP contribution is -2.35. The molecule has 0 spiro atoms. The Labute approximate surface area is 101 Å². The first-order valence-electron chi connectivity index (χ1n) is 6.34. The van der Waals surface area contributed by atoms with Crippen molar-refractivity contribution < 1.29 is 9.49 Å². The van der Waals surface area contributed by atoms with E-state index in [1.54, 1.807) is 12.3 Å². The van der Waals surface area contributed by atoms with Crippen LogP contribution in [0.25, 0.3) is 0 Å². The second-order valence-electron chi connectivity index (χ2n) is 4.81. The number of aromatic nitrogens is 1. The second kappa shape index (κ2) is 5.25. The smallest absolute Gasteiger partial charge is 0.258 e. The van der Waals surface area contributed by atoms with Gasteiger partial charge in [0.25, 0.3) is 0 Å². The van der Waals surface area contributed by atoms with Gasteiger partial charge in [0.15, 0.2) is 5.69 Å². The third kappa shape index (κ3) is 2.81. The van der Waals surface area contributed by atoms with Crippen molar-refractivity contribution >= 4 is 5.69 Å². The number of hydrogen-bond donors (Lipinski definition) is 0. The maximum atomic E-state index is 10.9. The molecule has 92 valence electrons. The van der Waals surface area contributed by atoms with Crippen molar-refractivity contribution in [1.82, 2.24) is 0 Å². The van der Waals surface area contributed by atoms with Crippen LogP contribution in [0, 0.1) is 10.1 Å². The van der Waals surface area contributed by atoms with Crippen molar-refractivity contribution in [2.75, 3.05) is 0 Å². The predicted molar refractivity (Wildman–Crippen MR) is 64.8 cm³/mol. The predicted octanol–water partition coefficient (Wildman–Crippen LogP) is 2.47. The first-order chi connectivity index (χ1) is 8.18. The quantitative estimate of drug-likeness (QED) is 0.426. The summed E-state index contributed by atoms with van der Waals surface area (Å²) in [5.41, 5.74) is 2.66. The van der Waals surface area contributed by atoms with Gasteiger partial charge in [-0.15, -0.1) is 0 Å². The topological polar surface area (TPSA) is 47.0 Å². The average Bonchev–Trinajstić information content (AvgIpc) is 2.40. The minimum Gasteiger partial charge on any atom is -0.258 e. The summed E-state index contributed by atoms with van der Waals surface area (Å²) in [6.45, 7) is 0. The Kier molecular flexibility index (Phi) is 3.71. The summed E-state index contributed by atoms with van der Waals surface area (Å²) in [7, 11) is 1.92. The summed E-state index contributed by atoms with van der Waals surface area (Å²) in [5, 5.41) is 10.9. The maximum absolute atomic E-state index is 10.9. The molecule has 4 heteroatoms. The normalized spacial score (nSPS) is 16.5. The summed E-state index contributed by atoms with van der Waals surface area (Å²) >= 11 is 0. The number of aryl methyl sites for hydroxylation is 2. The van der Waals surface area contributed by atoms with Crippen LogP contribution in [-0.4, -0.2) is 4.92 Å². The van der Waals surface area contributed by atoms with Gasteiger partial charge in [0.2, 0.25) is 6.20 Å². The molecule has 0 saturated carbocycles. The Morgan fingerprint density at radius 3 is 2.53 bits per heavy atom. The highest BCUT2D eigenvalue weighted by Gasteiger charge is 2.21. The zero-order valence-electron chi connectivity index (χ0n) is 10.3. The SMILES string of the molecule is C[n+]1cc([N+](=O)[O-])cc2c1CCCCCCC2. The molecular formula is C13H19N2O2+. The number of hydrogen-bond acceptors (Lipinski definition) is 2. The molecule has 0 saturated heterocycles. The second-order valence-corrected chi connectivity index (χ2v) is 4.81. The van der Waals surface area contributed by atoms with Gasteiger partial charge in [-0.1, -0.05) is 19.3 Å². The number of fused-ring (bicyclic) bond motifs is 1. The lowest BCUT2D eigenvalue weighted by molar-refractivity contribution is -0.682. The molecule has 1 aliphatic rings. The molecule has 1 heterocycles. The molecule has 0 N–H and O–H groups in total. The molecule has 1 aromatic heterocycles. The van der Waals surface area contributed by atoms with Gasteiger partial charge in [-0.2, -0.15) is 4.57 Å². The van der Waals surface area contributed by atoms with E-state index in [1.165, 1.54) is 36.9 Å². The molecule has 0 aliphatic heterocycles. The Morgan fingerprint density at radius 2 is 1.82 bits per heavy atom. The van der Waals surface area contributed by atoms with E-state index in [2.05, 4.69) is 0 Å². The van der Waals surface area contributed by atoms with Gasteiger partial charge in [0, 0.05) is 18.1 Å². The molecule has 0 amide bonds. The molecule has 17 heavy (non-hydrogen) atoms. The minimum absolute atomic E-state index is 0.213. The number of pyridine rings is 1. The van der Waals surface area contributed by atoms with E-state index in [4.69, 9.17) is 0 Å². The van der Waals surface area contributed by atoms with E-state index in [1.807, 2.05) is 11.6 Å². The van der Waals surface area contributed by atoms with Crippen molar-refractivity contribution in [3.63, 3.8) is 0 Å². The minimum atomic E-state index is -0.299. The van der Waals surface area contributed by atoms with E-state index in [9.17, 15) is 10.1 Å². The Balaban J connectivity index is 2.38. The van der Waals surface area contributed by atoms with Crippen LogP contribution in [-0.2, 0) is 19.9 Å². The lowest BCUT2D eigenvalue weighted by Gasteiger charge is -2.05. The summed E-state index contributed by atoms with van der Waals surface area (Å²) in [6, 6.07) is 1.76. The largest absolute Gasteiger partial charge is 0.332 e. The van der Waals surface area contributed by atoms with Crippen molar-refractivity contribution in [2.24, 2.45) is 7.05 Å². The highest BCUT2D eigenvalue weighted by atomic mass is 16.6. The monoisotopic (exact) mass is 235 g/mol. The van der Waals surface area contributed by atoms with Crippen molar-refractivity contribution in [2.45, 2.75) is 44.9 Å². The zero-order valence-corrected chi connectivity index (χ0v) is 10.3. The molecule has 2 rings (SSSR count). The van der Waals surface area contributed by atoms with Crippen LogP contribution in [0.2, 0.25) is 0 Å². The maximum Gasteiger partial charge on any atom is 0.332 e. The van der Waals surface area contributed by atoms with E-state index in [0.29, 0.717) is 0 Å². The fourth-order valence-electron chi connectivity index (χ4n) is 2.59. The van der Waals surface area contributed by atoms with Crippen LogP contribution in [0.1, 0.15) is 43.4 Å². The Hall–Kier alpha value is -1.45. The van der Waals surface area contributed by atoms with Crippen LogP contribution in [0.15, 0.2) is 12.3 Å². The molecule has 0 unspecified atom stereocenters. The average molecular weight is 235 g/mol.